The average molecular weight is 279 g/mol. The van der Waals surface area contributed by atoms with Crippen molar-refractivity contribution in [2.24, 2.45) is 0 Å². The van der Waals surface area contributed by atoms with Crippen molar-refractivity contribution in [3.8, 4) is 0 Å². The van der Waals surface area contributed by atoms with Crippen LogP contribution >= 0.6 is 11.3 Å². The Morgan fingerprint density at radius 2 is 2.21 bits per heavy atom. The molecule has 0 aromatic carbocycles. The summed E-state index contributed by atoms with van der Waals surface area (Å²) in [5.41, 5.74) is 0. The van der Waals surface area contributed by atoms with E-state index in [0.29, 0.717) is 12.6 Å². The lowest BCUT2D eigenvalue weighted by molar-refractivity contribution is -0.129. The van der Waals surface area contributed by atoms with Gasteiger partial charge in [-0.15, -0.1) is 11.3 Å². The Bertz CT molecular complexity index is 408. The molecule has 1 aliphatic rings. The Kier molecular flexibility index (Phi) is 5.61. The van der Waals surface area contributed by atoms with E-state index >= 15 is 0 Å². The van der Waals surface area contributed by atoms with E-state index in [1.54, 1.807) is 17.4 Å². The molecular formula is C15H21NO2S. The zero-order chi connectivity index (χ0) is 13.5. The van der Waals surface area contributed by atoms with E-state index < -0.39 is 0 Å². The molecule has 1 saturated carbocycles. The van der Waals surface area contributed by atoms with E-state index in [1.807, 2.05) is 28.5 Å². The molecule has 0 spiro atoms. The number of aliphatic hydroxyl groups is 1. The van der Waals surface area contributed by atoms with Gasteiger partial charge < -0.3 is 10.0 Å². The maximum atomic E-state index is 12.3. The van der Waals surface area contributed by atoms with Gasteiger partial charge in [-0.1, -0.05) is 25.3 Å². The minimum atomic E-state index is 0.0225. The van der Waals surface area contributed by atoms with Gasteiger partial charge >= 0.3 is 0 Å². The standard InChI is InChI=1S/C15H21NO2S/c17-11-10-16(13-5-2-1-3-6-13)15(18)9-8-14-7-4-12-19-14/h4,7-9,12-13,17H,1-3,5-6,10-11H2/b9-8+. The average Bonchev–Trinajstić information content (AvgIpc) is 2.96. The first kappa shape index (κ1) is 14.3. The zero-order valence-electron chi connectivity index (χ0n) is 11.1. The molecule has 4 heteroatoms. The molecule has 104 valence electrons. The van der Waals surface area contributed by atoms with Crippen molar-refractivity contribution < 1.29 is 9.90 Å². The molecule has 3 nitrogen and oxygen atoms in total. The van der Waals surface area contributed by atoms with Gasteiger partial charge in [-0.25, -0.2) is 0 Å². The first-order valence-electron chi connectivity index (χ1n) is 6.94. The molecule has 2 rings (SSSR count). The van der Waals surface area contributed by atoms with E-state index in [4.69, 9.17) is 5.11 Å². The smallest absolute Gasteiger partial charge is 0.246 e. The Morgan fingerprint density at radius 3 is 2.84 bits per heavy atom. The van der Waals surface area contributed by atoms with Crippen LogP contribution in [-0.4, -0.2) is 35.1 Å². The SMILES string of the molecule is O=C(/C=C/c1cccs1)N(CCO)C1CCCCC1. The summed E-state index contributed by atoms with van der Waals surface area (Å²) < 4.78 is 0. The molecule has 0 unspecified atom stereocenters. The number of amides is 1. The van der Waals surface area contributed by atoms with Crippen LogP contribution in [-0.2, 0) is 4.79 Å². The molecule has 0 bridgehead atoms. The van der Waals surface area contributed by atoms with E-state index in [1.165, 1.54) is 19.3 Å². The Balaban J connectivity index is 1.99. The lowest BCUT2D eigenvalue weighted by Crippen LogP contribution is -2.42. The van der Waals surface area contributed by atoms with Crippen LogP contribution in [0.5, 0.6) is 0 Å². The van der Waals surface area contributed by atoms with E-state index in [2.05, 4.69) is 0 Å². The van der Waals surface area contributed by atoms with Crippen LogP contribution in [0.2, 0.25) is 0 Å². The zero-order valence-corrected chi connectivity index (χ0v) is 11.9. The highest BCUT2D eigenvalue weighted by atomic mass is 32.1. The van der Waals surface area contributed by atoms with Gasteiger partial charge in [0, 0.05) is 23.5 Å². The third-order valence-corrected chi connectivity index (χ3v) is 4.41. The van der Waals surface area contributed by atoms with Crippen LogP contribution < -0.4 is 0 Å². The maximum absolute atomic E-state index is 12.3. The van der Waals surface area contributed by atoms with Gasteiger partial charge in [0.05, 0.1) is 6.61 Å². The summed E-state index contributed by atoms with van der Waals surface area (Å²) in [7, 11) is 0. The second kappa shape index (κ2) is 7.46. The fourth-order valence-corrected chi connectivity index (χ4v) is 3.23. The molecule has 0 saturated heterocycles. The van der Waals surface area contributed by atoms with Crippen LogP contribution in [0.15, 0.2) is 23.6 Å². The monoisotopic (exact) mass is 279 g/mol. The third-order valence-electron chi connectivity index (χ3n) is 3.57. The highest BCUT2D eigenvalue weighted by Crippen LogP contribution is 2.23. The summed E-state index contributed by atoms with van der Waals surface area (Å²) in [5.74, 6) is 0.0225. The Hall–Kier alpha value is -1.13. The quantitative estimate of drug-likeness (QED) is 0.842. The second-order valence-electron chi connectivity index (χ2n) is 4.90. The number of rotatable bonds is 5. The number of thiophene rings is 1. The molecule has 1 amide bonds. The van der Waals surface area contributed by atoms with Crippen LogP contribution in [0.25, 0.3) is 6.08 Å². The van der Waals surface area contributed by atoms with E-state index in [0.717, 1.165) is 17.7 Å². The molecule has 0 aliphatic heterocycles. The molecule has 1 heterocycles. The van der Waals surface area contributed by atoms with Gasteiger partial charge in [-0.2, -0.15) is 0 Å². The van der Waals surface area contributed by atoms with Crippen LogP contribution in [0.4, 0.5) is 0 Å². The predicted octanol–water partition coefficient (Wildman–Crippen LogP) is 2.91. The van der Waals surface area contributed by atoms with Crippen molar-refractivity contribution >= 4 is 23.3 Å². The highest BCUT2D eigenvalue weighted by molar-refractivity contribution is 7.10. The van der Waals surface area contributed by atoms with Crippen molar-refractivity contribution in [2.75, 3.05) is 13.2 Å². The number of hydrogen-bond acceptors (Lipinski definition) is 3. The minimum Gasteiger partial charge on any atom is -0.395 e. The van der Waals surface area contributed by atoms with Crippen molar-refractivity contribution in [2.45, 2.75) is 38.1 Å². The predicted molar refractivity (Wildman–Crippen MR) is 79.0 cm³/mol. The summed E-state index contributed by atoms with van der Waals surface area (Å²) >= 11 is 1.62. The fourth-order valence-electron chi connectivity index (χ4n) is 2.61. The molecule has 1 aromatic heterocycles. The Morgan fingerprint density at radius 1 is 1.42 bits per heavy atom. The highest BCUT2D eigenvalue weighted by Gasteiger charge is 2.23. The summed E-state index contributed by atoms with van der Waals surface area (Å²) in [6.45, 7) is 0.480. The first-order valence-corrected chi connectivity index (χ1v) is 7.82. The molecule has 1 fully saturated rings. The fraction of sp³-hybridized carbons (Fsp3) is 0.533. The van der Waals surface area contributed by atoms with E-state index in [-0.39, 0.29) is 12.5 Å². The van der Waals surface area contributed by atoms with Crippen LogP contribution in [0.1, 0.15) is 37.0 Å². The number of nitrogens with zero attached hydrogens (tertiary/aromatic N) is 1. The van der Waals surface area contributed by atoms with Crippen LogP contribution in [0, 0.1) is 0 Å². The molecule has 1 aromatic rings. The van der Waals surface area contributed by atoms with Gasteiger partial charge in [-0.3, -0.25) is 4.79 Å². The summed E-state index contributed by atoms with van der Waals surface area (Å²) in [4.78, 5) is 15.2. The molecule has 1 N–H and O–H groups in total. The molecular weight excluding hydrogens is 258 g/mol. The molecule has 19 heavy (non-hydrogen) atoms. The first-order chi connectivity index (χ1) is 9.31. The van der Waals surface area contributed by atoms with Crippen molar-refractivity contribution in [3.05, 3.63) is 28.5 Å². The number of hydrogen-bond donors (Lipinski definition) is 1. The van der Waals surface area contributed by atoms with Gasteiger partial charge in [0.1, 0.15) is 0 Å². The minimum absolute atomic E-state index is 0.0225. The summed E-state index contributed by atoms with van der Waals surface area (Å²) in [6, 6.07) is 4.27. The number of aliphatic hydroxyl groups excluding tert-OH is 1. The van der Waals surface area contributed by atoms with Gasteiger partial charge in [0.25, 0.3) is 0 Å². The normalized spacial score (nSPS) is 16.9. The topological polar surface area (TPSA) is 40.5 Å². The van der Waals surface area contributed by atoms with Crippen molar-refractivity contribution in [1.29, 1.82) is 0 Å². The van der Waals surface area contributed by atoms with Crippen molar-refractivity contribution in [1.82, 2.24) is 4.90 Å². The number of carbonyl (C=O) groups excluding carboxylic acids is 1. The van der Waals surface area contributed by atoms with Gasteiger partial charge in [0.15, 0.2) is 0 Å². The largest absolute Gasteiger partial charge is 0.395 e. The lowest BCUT2D eigenvalue weighted by Gasteiger charge is -2.33. The van der Waals surface area contributed by atoms with Gasteiger partial charge in [0.2, 0.25) is 5.91 Å². The number of carbonyl (C=O) groups is 1. The van der Waals surface area contributed by atoms with E-state index in [9.17, 15) is 4.79 Å². The Labute approximate surface area is 118 Å². The second-order valence-corrected chi connectivity index (χ2v) is 5.88. The maximum Gasteiger partial charge on any atom is 0.246 e. The summed E-state index contributed by atoms with van der Waals surface area (Å²) in [6.07, 6.45) is 9.28. The molecule has 0 atom stereocenters. The molecule has 0 radical (unpaired) electrons. The summed E-state index contributed by atoms with van der Waals surface area (Å²) in [5, 5.41) is 11.1. The van der Waals surface area contributed by atoms with Crippen molar-refractivity contribution in [3.63, 3.8) is 0 Å². The van der Waals surface area contributed by atoms with Crippen LogP contribution in [0.3, 0.4) is 0 Å². The third kappa shape index (κ3) is 4.18. The van der Waals surface area contributed by atoms with Gasteiger partial charge in [-0.05, 0) is 30.4 Å². The molecule has 1 aliphatic carbocycles. The lowest BCUT2D eigenvalue weighted by atomic mass is 9.94.